The van der Waals surface area contributed by atoms with Crippen molar-refractivity contribution < 1.29 is 24.2 Å². The fourth-order valence-electron chi connectivity index (χ4n) is 4.78. The Bertz CT molecular complexity index is 1330. The van der Waals surface area contributed by atoms with Crippen molar-refractivity contribution in [1.82, 2.24) is 5.32 Å². The van der Waals surface area contributed by atoms with Crippen molar-refractivity contribution in [2.75, 3.05) is 30.1 Å². The van der Waals surface area contributed by atoms with Gasteiger partial charge in [0.2, 0.25) is 0 Å². The molecule has 2 unspecified atom stereocenters. The van der Waals surface area contributed by atoms with Gasteiger partial charge in [0.15, 0.2) is 0 Å². The Kier molecular flexibility index (Phi) is 11.0. The van der Waals surface area contributed by atoms with Gasteiger partial charge in [-0.2, -0.15) is 23.5 Å². The molecule has 1 heterocycles. The molecule has 2 atom stereocenters. The molecule has 0 spiro atoms. The lowest BCUT2D eigenvalue weighted by Crippen LogP contribution is -2.41. The van der Waals surface area contributed by atoms with E-state index in [1.165, 1.54) is 5.56 Å². The minimum Gasteiger partial charge on any atom is -0.493 e. The lowest BCUT2D eigenvalue weighted by molar-refractivity contribution is -0.139. The standard InChI is InChI=1S/C32H37NO5S2/c1-4-40-20-30(23-10-12-29-24(18-23)13-15-37-29)38-19-22-9-11-26(27(17-22)25-8-6-5-7-21(25)2)31(34)33-28(32(35)36)14-16-39-3/h5-12,17-18,28,30H,4,13-16,19-20H2,1-3H3,(H,33,34)(H,35,36). The van der Waals surface area contributed by atoms with E-state index in [1.54, 1.807) is 17.8 Å². The van der Waals surface area contributed by atoms with Crippen molar-refractivity contribution in [3.63, 3.8) is 0 Å². The van der Waals surface area contributed by atoms with Crippen molar-refractivity contribution in [1.29, 1.82) is 0 Å². The third-order valence-corrected chi connectivity index (χ3v) is 8.58. The third-order valence-electron chi connectivity index (χ3n) is 6.99. The number of rotatable bonds is 14. The molecular weight excluding hydrogens is 542 g/mol. The number of aryl methyl sites for hydroxylation is 1. The largest absolute Gasteiger partial charge is 0.493 e. The number of fused-ring (bicyclic) bond motifs is 1. The average molecular weight is 580 g/mol. The molecule has 40 heavy (non-hydrogen) atoms. The van der Waals surface area contributed by atoms with Gasteiger partial charge in [-0.3, -0.25) is 4.79 Å². The van der Waals surface area contributed by atoms with Crippen molar-refractivity contribution in [3.05, 3.63) is 88.5 Å². The van der Waals surface area contributed by atoms with Crippen molar-refractivity contribution in [2.45, 2.75) is 45.4 Å². The topological polar surface area (TPSA) is 84.9 Å². The molecule has 0 saturated heterocycles. The highest BCUT2D eigenvalue weighted by Crippen LogP contribution is 2.33. The number of ether oxygens (including phenoxy) is 2. The van der Waals surface area contributed by atoms with Crippen LogP contribution in [0, 0.1) is 6.92 Å². The molecule has 0 aromatic heterocycles. The Labute approximate surface area is 245 Å². The number of carbonyl (C=O) groups is 2. The Morgan fingerprint density at radius 1 is 1.10 bits per heavy atom. The van der Waals surface area contributed by atoms with Crippen molar-refractivity contribution in [2.24, 2.45) is 0 Å². The molecule has 0 radical (unpaired) electrons. The van der Waals surface area contributed by atoms with E-state index < -0.39 is 17.9 Å². The number of nitrogens with one attached hydrogen (secondary N) is 1. The van der Waals surface area contributed by atoms with E-state index in [2.05, 4.69) is 24.4 Å². The molecule has 2 N–H and O–H groups in total. The second-order valence-electron chi connectivity index (χ2n) is 9.77. The highest BCUT2D eigenvalue weighted by molar-refractivity contribution is 7.99. The summed E-state index contributed by atoms with van der Waals surface area (Å²) in [6.45, 7) is 5.26. The van der Waals surface area contributed by atoms with E-state index >= 15 is 0 Å². The van der Waals surface area contributed by atoms with E-state index in [9.17, 15) is 14.7 Å². The van der Waals surface area contributed by atoms with Crippen LogP contribution in [0.3, 0.4) is 0 Å². The Morgan fingerprint density at radius 3 is 2.67 bits per heavy atom. The van der Waals surface area contributed by atoms with Gasteiger partial charge in [-0.05, 0) is 88.8 Å². The molecule has 0 bridgehead atoms. The monoisotopic (exact) mass is 579 g/mol. The second kappa shape index (κ2) is 14.6. The molecule has 1 aliphatic rings. The van der Waals surface area contributed by atoms with E-state index in [0.717, 1.165) is 58.1 Å². The van der Waals surface area contributed by atoms with E-state index in [4.69, 9.17) is 9.47 Å². The number of thioether (sulfide) groups is 2. The Balaban J connectivity index is 1.60. The average Bonchev–Trinajstić information content (AvgIpc) is 3.43. The van der Waals surface area contributed by atoms with E-state index in [0.29, 0.717) is 24.3 Å². The zero-order chi connectivity index (χ0) is 28.5. The fourth-order valence-corrected chi connectivity index (χ4v) is 5.99. The van der Waals surface area contributed by atoms with Crippen LogP contribution in [0.4, 0.5) is 0 Å². The summed E-state index contributed by atoms with van der Waals surface area (Å²) < 4.78 is 12.2. The number of aliphatic carboxylic acids is 1. The van der Waals surface area contributed by atoms with Crippen LogP contribution < -0.4 is 10.1 Å². The predicted molar refractivity (Wildman–Crippen MR) is 165 cm³/mol. The molecule has 1 aliphatic heterocycles. The van der Waals surface area contributed by atoms with Gasteiger partial charge in [-0.15, -0.1) is 0 Å². The van der Waals surface area contributed by atoms with Gasteiger partial charge in [0.05, 0.1) is 19.3 Å². The summed E-state index contributed by atoms with van der Waals surface area (Å²) >= 11 is 3.40. The smallest absolute Gasteiger partial charge is 0.326 e. The minimum absolute atomic E-state index is 0.0755. The number of hydrogen-bond donors (Lipinski definition) is 2. The molecule has 3 aromatic rings. The van der Waals surface area contributed by atoms with Crippen LogP contribution in [0.1, 0.15) is 52.1 Å². The number of carboxylic acid groups (broad SMARTS) is 1. The molecule has 8 heteroatoms. The summed E-state index contributed by atoms with van der Waals surface area (Å²) in [5, 5.41) is 12.4. The van der Waals surface area contributed by atoms with Crippen LogP contribution in [0.5, 0.6) is 5.75 Å². The summed E-state index contributed by atoms with van der Waals surface area (Å²) in [5.41, 5.74) is 6.49. The Hall–Kier alpha value is -2.94. The number of amides is 1. The highest BCUT2D eigenvalue weighted by atomic mass is 32.2. The number of benzene rings is 3. The molecule has 0 saturated carbocycles. The first-order chi connectivity index (χ1) is 19.4. The summed E-state index contributed by atoms with van der Waals surface area (Å²) in [6.07, 6.45) is 3.12. The number of carbonyl (C=O) groups excluding carboxylic acids is 1. The zero-order valence-electron chi connectivity index (χ0n) is 23.3. The van der Waals surface area contributed by atoms with Crippen LogP contribution in [-0.2, 0) is 22.6 Å². The van der Waals surface area contributed by atoms with Crippen LogP contribution in [0.2, 0.25) is 0 Å². The second-order valence-corrected chi connectivity index (χ2v) is 12.1. The zero-order valence-corrected chi connectivity index (χ0v) is 24.9. The molecule has 0 fully saturated rings. The van der Waals surface area contributed by atoms with Gasteiger partial charge in [0, 0.05) is 17.7 Å². The first kappa shape index (κ1) is 30.0. The van der Waals surface area contributed by atoms with Gasteiger partial charge in [0.1, 0.15) is 11.8 Å². The number of carboxylic acids is 1. The predicted octanol–water partition coefficient (Wildman–Crippen LogP) is 6.54. The molecule has 212 valence electrons. The normalized spacial score (nSPS) is 13.8. The summed E-state index contributed by atoms with van der Waals surface area (Å²) in [7, 11) is 0. The summed E-state index contributed by atoms with van der Waals surface area (Å²) in [5.74, 6) is 2.03. The number of hydrogen-bond acceptors (Lipinski definition) is 6. The van der Waals surface area contributed by atoms with Crippen LogP contribution >= 0.6 is 23.5 Å². The molecule has 4 rings (SSSR count). The van der Waals surface area contributed by atoms with Crippen molar-refractivity contribution >= 4 is 35.4 Å². The molecule has 3 aromatic carbocycles. The first-order valence-corrected chi connectivity index (χ1v) is 16.1. The first-order valence-electron chi connectivity index (χ1n) is 13.6. The Morgan fingerprint density at radius 2 is 1.93 bits per heavy atom. The molecule has 6 nitrogen and oxygen atoms in total. The quantitative estimate of drug-likeness (QED) is 0.224. The van der Waals surface area contributed by atoms with Crippen LogP contribution in [-0.4, -0.2) is 53.1 Å². The minimum atomic E-state index is -1.03. The van der Waals surface area contributed by atoms with Crippen LogP contribution in [0.15, 0.2) is 60.7 Å². The van der Waals surface area contributed by atoms with Gasteiger partial charge in [0.25, 0.3) is 5.91 Å². The maximum Gasteiger partial charge on any atom is 0.326 e. The van der Waals surface area contributed by atoms with Crippen molar-refractivity contribution in [3.8, 4) is 16.9 Å². The lowest BCUT2D eigenvalue weighted by atomic mass is 9.93. The molecule has 1 amide bonds. The third kappa shape index (κ3) is 7.62. The maximum atomic E-state index is 13.4. The van der Waals surface area contributed by atoms with Gasteiger partial charge >= 0.3 is 5.97 Å². The fraction of sp³-hybridized carbons (Fsp3) is 0.375. The maximum absolute atomic E-state index is 13.4. The van der Waals surface area contributed by atoms with E-state index in [1.807, 2.05) is 67.4 Å². The summed E-state index contributed by atoms with van der Waals surface area (Å²) in [6, 6.07) is 19.0. The lowest BCUT2D eigenvalue weighted by Gasteiger charge is -2.20. The highest BCUT2D eigenvalue weighted by Gasteiger charge is 2.23. The molecular formula is C32H37NO5S2. The summed E-state index contributed by atoms with van der Waals surface area (Å²) in [4.78, 5) is 25.2. The molecule has 0 aliphatic carbocycles. The SMILES string of the molecule is CCSCC(OCc1ccc(C(=O)NC(CCSC)C(=O)O)c(-c2ccccc2C)c1)c1ccc2c(c1)CCO2. The van der Waals surface area contributed by atoms with Gasteiger partial charge < -0.3 is 19.9 Å². The van der Waals surface area contributed by atoms with E-state index in [-0.39, 0.29) is 6.10 Å². The van der Waals surface area contributed by atoms with Gasteiger partial charge in [-0.1, -0.05) is 43.3 Å². The van der Waals surface area contributed by atoms with Crippen LogP contribution in [0.25, 0.3) is 11.1 Å². The van der Waals surface area contributed by atoms with Gasteiger partial charge in [-0.25, -0.2) is 4.79 Å².